The van der Waals surface area contributed by atoms with Gasteiger partial charge in [0.05, 0.1) is 5.52 Å². The molecule has 2 aromatic rings. The first-order chi connectivity index (χ1) is 4.92. The molecule has 3 nitrogen and oxygen atoms in total. The molecule has 2 rings (SSSR count). The maximum atomic E-state index is 10.3. The largest absolute Gasteiger partial charge is 0.276 e. The zero-order valence-electron chi connectivity index (χ0n) is 5.27. The molecule has 0 aromatic carbocycles. The zero-order valence-corrected chi connectivity index (χ0v) is 5.27. The minimum Gasteiger partial charge on any atom is -0.276 e. The average Bonchev–Trinajstić information content (AvgIpc) is 2.44. The maximum absolute atomic E-state index is 10.3. The van der Waals surface area contributed by atoms with Crippen LogP contribution in [0.4, 0.5) is 0 Å². The summed E-state index contributed by atoms with van der Waals surface area (Å²) in [6.45, 7) is 0. The van der Waals surface area contributed by atoms with Gasteiger partial charge in [-0.25, -0.2) is 4.68 Å². The number of nitrogens with zero attached hydrogens (tertiary/aromatic N) is 2. The summed E-state index contributed by atoms with van der Waals surface area (Å²) in [6, 6.07) is 5.73. The van der Waals surface area contributed by atoms with E-state index in [0.717, 1.165) is 11.9 Å². The predicted molar refractivity (Wildman–Crippen MR) is 37.5 cm³/mol. The fraction of sp³-hybridized carbons (Fsp3) is 0. The van der Waals surface area contributed by atoms with Crippen LogP contribution in [0.3, 0.4) is 0 Å². The summed E-state index contributed by atoms with van der Waals surface area (Å²) in [6.07, 6.45) is 4.33. The summed E-state index contributed by atoms with van der Waals surface area (Å²) in [5.74, 6) is 0. The van der Waals surface area contributed by atoms with Crippen LogP contribution in [0.1, 0.15) is 0 Å². The third-order valence-electron chi connectivity index (χ3n) is 1.51. The number of fused-ring (bicyclic) bond motifs is 1. The summed E-state index contributed by atoms with van der Waals surface area (Å²) in [5, 5.41) is 0. The molecular weight excluding hydrogens is 128 g/mol. The second-order valence-corrected chi connectivity index (χ2v) is 2.08. The lowest BCUT2D eigenvalue weighted by Gasteiger charge is -1.90. The molecule has 0 fully saturated rings. The molecule has 0 saturated heterocycles. The smallest absolute Gasteiger partial charge is 0.232 e. The molecule has 0 amide bonds. The number of aromatic nitrogens is 2. The van der Waals surface area contributed by atoms with Gasteiger partial charge in [-0.05, 0) is 18.2 Å². The number of carbonyl (C=O) groups is 1. The molecule has 0 atom stereocenters. The van der Waals surface area contributed by atoms with E-state index in [1.165, 1.54) is 4.68 Å². The highest BCUT2D eigenvalue weighted by molar-refractivity contribution is 5.56. The Morgan fingerprint density at radius 1 is 1.30 bits per heavy atom. The van der Waals surface area contributed by atoms with E-state index in [4.69, 9.17) is 0 Å². The van der Waals surface area contributed by atoms with E-state index in [1.807, 2.05) is 24.4 Å². The quantitative estimate of drug-likeness (QED) is 0.529. The molecule has 2 aromatic heterocycles. The van der Waals surface area contributed by atoms with Crippen LogP contribution in [0.2, 0.25) is 0 Å². The summed E-state index contributed by atoms with van der Waals surface area (Å²) in [7, 11) is 0. The van der Waals surface area contributed by atoms with Crippen molar-refractivity contribution in [3.8, 4) is 0 Å². The van der Waals surface area contributed by atoms with Gasteiger partial charge in [0.25, 0.3) is 0 Å². The van der Waals surface area contributed by atoms with Gasteiger partial charge in [-0.1, -0.05) is 0 Å². The monoisotopic (exact) mass is 134 g/mol. The summed E-state index contributed by atoms with van der Waals surface area (Å²) < 4.78 is 3.25. The van der Waals surface area contributed by atoms with Crippen molar-refractivity contribution in [2.75, 3.05) is 0 Å². The Morgan fingerprint density at radius 2 is 2.20 bits per heavy atom. The van der Waals surface area contributed by atoms with Crippen molar-refractivity contribution in [1.29, 1.82) is 0 Å². The van der Waals surface area contributed by atoms with Crippen molar-refractivity contribution in [3.05, 3.63) is 30.6 Å². The molecular formula is C7H6N2O. The fourth-order valence-electron chi connectivity index (χ4n) is 1.04. The van der Waals surface area contributed by atoms with Crippen LogP contribution >= 0.6 is 0 Å². The Labute approximate surface area is 57.5 Å². The molecule has 0 N–H and O–H groups in total. The van der Waals surface area contributed by atoms with Crippen LogP contribution in [0.25, 0.3) is 5.52 Å². The van der Waals surface area contributed by atoms with Crippen molar-refractivity contribution < 1.29 is 4.79 Å². The highest BCUT2D eigenvalue weighted by atomic mass is 16.1. The molecule has 0 bridgehead atoms. The standard InChI is InChI=1S/C7H6N2O/c10-6-8-5-3-7-2-1-4-9(7)8/h1-6H. The van der Waals surface area contributed by atoms with Crippen LogP contribution in [-0.2, 0) is 4.79 Å². The van der Waals surface area contributed by atoms with E-state index in [-0.39, 0.29) is 0 Å². The molecule has 0 aliphatic rings. The van der Waals surface area contributed by atoms with Crippen LogP contribution in [0.5, 0.6) is 0 Å². The zero-order chi connectivity index (χ0) is 6.97. The third kappa shape index (κ3) is 0.515. The lowest BCUT2D eigenvalue weighted by atomic mass is 10.5. The fourth-order valence-corrected chi connectivity index (χ4v) is 1.04. The van der Waals surface area contributed by atoms with E-state index in [1.54, 1.807) is 10.7 Å². The lowest BCUT2D eigenvalue weighted by molar-refractivity contribution is 0.537. The van der Waals surface area contributed by atoms with E-state index in [0.29, 0.717) is 0 Å². The van der Waals surface area contributed by atoms with Crippen molar-refractivity contribution in [1.82, 2.24) is 9.20 Å². The van der Waals surface area contributed by atoms with Gasteiger partial charge in [0.2, 0.25) is 6.41 Å². The van der Waals surface area contributed by atoms with Crippen LogP contribution in [-0.4, -0.2) is 15.6 Å². The molecule has 0 spiro atoms. The SMILES string of the molecule is O=Cn1ccc2cccn21. The van der Waals surface area contributed by atoms with Gasteiger partial charge >= 0.3 is 0 Å². The van der Waals surface area contributed by atoms with E-state index in [2.05, 4.69) is 0 Å². The molecule has 0 aliphatic heterocycles. The predicted octanol–water partition coefficient (Wildman–Crippen LogP) is 0.779. The van der Waals surface area contributed by atoms with Crippen molar-refractivity contribution in [3.63, 3.8) is 0 Å². The summed E-state index contributed by atoms with van der Waals surface area (Å²) in [5.41, 5.74) is 1.03. The number of carbonyl (C=O) groups excluding carboxylic acids is 1. The Kier molecular flexibility index (Phi) is 0.917. The Morgan fingerprint density at radius 3 is 3.00 bits per heavy atom. The molecule has 0 radical (unpaired) electrons. The van der Waals surface area contributed by atoms with Gasteiger partial charge in [0.15, 0.2) is 0 Å². The molecule has 10 heavy (non-hydrogen) atoms. The second kappa shape index (κ2) is 1.73. The van der Waals surface area contributed by atoms with Crippen molar-refractivity contribution in [2.45, 2.75) is 0 Å². The third-order valence-corrected chi connectivity index (χ3v) is 1.51. The van der Waals surface area contributed by atoms with E-state index >= 15 is 0 Å². The maximum Gasteiger partial charge on any atom is 0.232 e. The van der Waals surface area contributed by atoms with Crippen LogP contribution < -0.4 is 0 Å². The molecule has 2 heterocycles. The van der Waals surface area contributed by atoms with E-state index < -0.39 is 0 Å². The number of hydrogen-bond acceptors (Lipinski definition) is 1. The van der Waals surface area contributed by atoms with Gasteiger partial charge in [0.1, 0.15) is 0 Å². The lowest BCUT2D eigenvalue weighted by Crippen LogP contribution is -1.99. The summed E-state index contributed by atoms with van der Waals surface area (Å²) >= 11 is 0. The minimum absolute atomic E-state index is 0.771. The normalized spacial score (nSPS) is 10.4. The van der Waals surface area contributed by atoms with Gasteiger partial charge in [-0.2, -0.15) is 0 Å². The van der Waals surface area contributed by atoms with Gasteiger partial charge in [-0.3, -0.25) is 9.31 Å². The molecule has 3 heteroatoms. The second-order valence-electron chi connectivity index (χ2n) is 2.08. The highest BCUT2D eigenvalue weighted by Gasteiger charge is 1.94. The molecule has 0 aliphatic carbocycles. The Hall–Kier alpha value is -1.51. The minimum atomic E-state index is 0.771. The molecule has 0 unspecified atom stereocenters. The van der Waals surface area contributed by atoms with Crippen molar-refractivity contribution in [2.24, 2.45) is 0 Å². The molecule has 0 saturated carbocycles. The topological polar surface area (TPSA) is 26.4 Å². The number of rotatable bonds is 1. The highest BCUT2D eigenvalue weighted by Crippen LogP contribution is 2.02. The Bertz CT molecular complexity index is 358. The molecule has 50 valence electrons. The van der Waals surface area contributed by atoms with Crippen LogP contribution in [0, 0.1) is 0 Å². The van der Waals surface area contributed by atoms with Gasteiger partial charge in [0, 0.05) is 12.4 Å². The van der Waals surface area contributed by atoms with Crippen molar-refractivity contribution >= 4 is 11.9 Å². The first-order valence-electron chi connectivity index (χ1n) is 3.01. The summed E-state index contributed by atoms with van der Waals surface area (Å²) in [4.78, 5) is 10.3. The van der Waals surface area contributed by atoms with Gasteiger partial charge in [-0.15, -0.1) is 0 Å². The van der Waals surface area contributed by atoms with E-state index in [9.17, 15) is 4.79 Å². The van der Waals surface area contributed by atoms with Crippen LogP contribution in [0.15, 0.2) is 30.6 Å². The Balaban J connectivity index is 2.88. The first-order valence-corrected chi connectivity index (χ1v) is 3.01. The van der Waals surface area contributed by atoms with Gasteiger partial charge < -0.3 is 0 Å². The number of hydrogen-bond donors (Lipinski definition) is 0. The first kappa shape index (κ1) is 5.29. The average molecular weight is 134 g/mol.